The van der Waals surface area contributed by atoms with E-state index in [4.69, 9.17) is 0 Å². The molecule has 0 aliphatic heterocycles. The molecule has 0 aliphatic rings. The molecule has 1 aromatic rings. The summed E-state index contributed by atoms with van der Waals surface area (Å²) in [5, 5.41) is -2.80. The van der Waals surface area contributed by atoms with Crippen LogP contribution in [0.25, 0.3) is 0 Å². The molecule has 0 radical (unpaired) electrons. The van der Waals surface area contributed by atoms with Crippen molar-refractivity contribution in [1.29, 1.82) is 0 Å². The molecule has 74 valence electrons. The smallest absolute Gasteiger partial charge is 0.193 e. The second-order valence-electron chi connectivity index (χ2n) is 2.66. The van der Waals surface area contributed by atoms with Gasteiger partial charge in [-0.2, -0.15) is 8.78 Å². The first-order valence-corrected chi connectivity index (χ1v) is 4.97. The molecule has 0 bridgehead atoms. The predicted octanol–water partition coefficient (Wildman–Crippen LogP) is 3.78. The first kappa shape index (κ1) is 11.1. The number of rotatable bonds is 3. The van der Waals surface area contributed by atoms with Gasteiger partial charge >= 0.3 is 5.25 Å². The number of halogens is 2. The van der Waals surface area contributed by atoms with Crippen molar-refractivity contribution in [3.05, 3.63) is 30.3 Å². The van der Waals surface area contributed by atoms with Gasteiger partial charge in [0.05, 0.1) is 6.42 Å². The van der Waals surface area contributed by atoms with Crippen LogP contribution in [0.5, 0.6) is 0 Å². The normalized spacial score (nSPS) is 10.5. The van der Waals surface area contributed by atoms with Gasteiger partial charge in [0.2, 0.25) is 0 Å². The van der Waals surface area contributed by atoms with Crippen LogP contribution in [0.4, 0.5) is 8.78 Å². The van der Waals surface area contributed by atoms with Crippen LogP contribution < -0.4 is 0 Å². The van der Waals surface area contributed by atoms with Gasteiger partial charge in [0.15, 0.2) is 0 Å². The van der Waals surface area contributed by atoms with Crippen molar-refractivity contribution in [3.63, 3.8) is 0 Å². The standard InChI is InChI=1S/C11H10F2S/c1-2-3-9-11(12,13)14-10-7-5-4-6-8-10/h4-8H,9H2,1H3. The van der Waals surface area contributed by atoms with E-state index in [-0.39, 0.29) is 0 Å². The number of thioether (sulfide) groups is 1. The molecule has 1 aromatic carbocycles. The average Bonchev–Trinajstić information content (AvgIpc) is 2.16. The molecule has 0 fully saturated rings. The Hall–Kier alpha value is -1.01. The van der Waals surface area contributed by atoms with Crippen molar-refractivity contribution in [2.24, 2.45) is 0 Å². The maximum Gasteiger partial charge on any atom is 0.308 e. The molecule has 0 saturated heterocycles. The Morgan fingerprint density at radius 3 is 2.50 bits per heavy atom. The van der Waals surface area contributed by atoms with Gasteiger partial charge in [-0.25, -0.2) is 0 Å². The molecule has 0 aliphatic carbocycles. The van der Waals surface area contributed by atoms with Crippen LogP contribution in [-0.4, -0.2) is 5.25 Å². The van der Waals surface area contributed by atoms with Crippen molar-refractivity contribution in [1.82, 2.24) is 0 Å². The maximum atomic E-state index is 13.2. The van der Waals surface area contributed by atoms with Crippen molar-refractivity contribution in [2.45, 2.75) is 23.5 Å². The molecule has 0 N–H and O–H groups in total. The van der Waals surface area contributed by atoms with Gasteiger partial charge in [0.25, 0.3) is 0 Å². The lowest BCUT2D eigenvalue weighted by molar-refractivity contribution is 0.112. The molecule has 0 unspecified atom stereocenters. The van der Waals surface area contributed by atoms with Crippen LogP contribution in [0.15, 0.2) is 35.2 Å². The van der Waals surface area contributed by atoms with E-state index in [0.717, 1.165) is 0 Å². The Labute approximate surface area is 86.7 Å². The van der Waals surface area contributed by atoms with Gasteiger partial charge in [0.1, 0.15) is 0 Å². The van der Waals surface area contributed by atoms with E-state index in [9.17, 15) is 8.78 Å². The highest BCUT2D eigenvalue weighted by atomic mass is 32.2. The summed E-state index contributed by atoms with van der Waals surface area (Å²) in [5.74, 6) is 4.85. The SMILES string of the molecule is CC#CCC(F)(F)Sc1ccccc1. The van der Waals surface area contributed by atoms with Crippen molar-refractivity contribution < 1.29 is 8.78 Å². The minimum atomic E-state index is -2.80. The van der Waals surface area contributed by atoms with Gasteiger partial charge in [-0.15, -0.1) is 5.92 Å². The Balaban J connectivity index is 2.62. The topological polar surface area (TPSA) is 0 Å². The second-order valence-corrected chi connectivity index (χ2v) is 3.93. The predicted molar refractivity (Wildman–Crippen MR) is 55.3 cm³/mol. The number of alkyl halides is 2. The second kappa shape index (κ2) is 5.02. The molecule has 0 amide bonds. The number of benzene rings is 1. The molecule has 0 nitrogen and oxygen atoms in total. The lowest BCUT2D eigenvalue weighted by atomic mass is 10.4. The fourth-order valence-corrected chi connectivity index (χ4v) is 1.67. The molecule has 0 aromatic heterocycles. The highest BCUT2D eigenvalue weighted by Crippen LogP contribution is 2.37. The van der Waals surface area contributed by atoms with Gasteiger partial charge in [-0.3, -0.25) is 0 Å². The first-order valence-electron chi connectivity index (χ1n) is 4.15. The summed E-state index contributed by atoms with van der Waals surface area (Å²) in [5.41, 5.74) is 0. The van der Waals surface area contributed by atoms with Gasteiger partial charge in [0, 0.05) is 4.90 Å². The van der Waals surface area contributed by atoms with Crippen molar-refractivity contribution in [3.8, 4) is 11.8 Å². The van der Waals surface area contributed by atoms with Crippen LogP contribution in [0.2, 0.25) is 0 Å². The van der Waals surface area contributed by atoms with Gasteiger partial charge in [-0.05, 0) is 19.1 Å². The zero-order valence-corrected chi connectivity index (χ0v) is 8.57. The molecule has 0 spiro atoms. The lowest BCUT2D eigenvalue weighted by Crippen LogP contribution is -2.08. The lowest BCUT2D eigenvalue weighted by Gasteiger charge is -2.11. The molecule has 1 rings (SSSR count). The maximum absolute atomic E-state index is 13.2. The van der Waals surface area contributed by atoms with E-state index in [1.165, 1.54) is 0 Å². The molecular formula is C11H10F2S. The van der Waals surface area contributed by atoms with Crippen LogP contribution >= 0.6 is 11.8 Å². The minimum absolute atomic E-state index is 0.400. The van der Waals surface area contributed by atoms with Crippen LogP contribution in [0.3, 0.4) is 0 Å². The van der Waals surface area contributed by atoms with Crippen molar-refractivity contribution in [2.75, 3.05) is 0 Å². The Kier molecular flexibility index (Phi) is 3.97. The Morgan fingerprint density at radius 1 is 1.29 bits per heavy atom. The third kappa shape index (κ3) is 3.80. The summed E-state index contributed by atoms with van der Waals surface area (Å²) in [7, 11) is 0. The Bertz CT molecular complexity index is 335. The quantitative estimate of drug-likeness (QED) is 0.542. The minimum Gasteiger partial charge on any atom is -0.193 e. The largest absolute Gasteiger partial charge is 0.308 e. The highest BCUT2D eigenvalue weighted by Gasteiger charge is 2.28. The van der Waals surface area contributed by atoms with E-state index in [1.807, 2.05) is 0 Å². The average molecular weight is 212 g/mol. The van der Waals surface area contributed by atoms with E-state index in [1.54, 1.807) is 37.3 Å². The number of hydrogen-bond acceptors (Lipinski definition) is 1. The first-order chi connectivity index (χ1) is 6.64. The highest BCUT2D eigenvalue weighted by molar-refractivity contribution is 8.00. The zero-order valence-electron chi connectivity index (χ0n) is 7.76. The third-order valence-corrected chi connectivity index (χ3v) is 2.43. The van der Waals surface area contributed by atoms with Gasteiger partial charge < -0.3 is 0 Å². The molecule has 0 heterocycles. The number of hydrogen-bond donors (Lipinski definition) is 0. The summed E-state index contributed by atoms with van der Waals surface area (Å²) in [6.45, 7) is 1.56. The molecule has 0 saturated carbocycles. The molecular weight excluding hydrogens is 202 g/mol. The van der Waals surface area contributed by atoms with Gasteiger partial charge in [-0.1, -0.05) is 35.9 Å². The van der Waals surface area contributed by atoms with E-state index >= 15 is 0 Å². The van der Waals surface area contributed by atoms with Crippen molar-refractivity contribution >= 4 is 11.8 Å². The summed E-state index contributed by atoms with van der Waals surface area (Å²) in [4.78, 5) is 0.565. The fraction of sp³-hybridized carbons (Fsp3) is 0.273. The zero-order chi connectivity index (χ0) is 10.4. The monoisotopic (exact) mass is 212 g/mol. The van der Waals surface area contributed by atoms with E-state index in [2.05, 4.69) is 11.8 Å². The third-order valence-electron chi connectivity index (χ3n) is 1.48. The fourth-order valence-electron chi connectivity index (χ4n) is 0.888. The molecule has 3 heteroatoms. The van der Waals surface area contributed by atoms with Crippen LogP contribution in [0.1, 0.15) is 13.3 Å². The summed E-state index contributed by atoms with van der Waals surface area (Å²) in [6.07, 6.45) is -0.400. The Morgan fingerprint density at radius 2 is 1.93 bits per heavy atom. The van der Waals surface area contributed by atoms with Crippen LogP contribution in [-0.2, 0) is 0 Å². The van der Waals surface area contributed by atoms with E-state index < -0.39 is 11.7 Å². The molecule has 0 atom stereocenters. The van der Waals surface area contributed by atoms with E-state index in [0.29, 0.717) is 16.7 Å². The molecule has 14 heavy (non-hydrogen) atoms. The van der Waals surface area contributed by atoms with Crippen LogP contribution in [0, 0.1) is 11.8 Å². The summed E-state index contributed by atoms with van der Waals surface area (Å²) < 4.78 is 26.3. The summed E-state index contributed by atoms with van der Waals surface area (Å²) >= 11 is 0.550. The summed E-state index contributed by atoms with van der Waals surface area (Å²) in [6, 6.07) is 8.61.